The molecule has 0 bridgehead atoms. The maximum atomic E-state index is 11.7. The van der Waals surface area contributed by atoms with E-state index in [9.17, 15) is 4.79 Å². The van der Waals surface area contributed by atoms with Crippen LogP contribution in [0.25, 0.3) is 0 Å². The third-order valence-corrected chi connectivity index (χ3v) is 3.32. The number of ketones is 1. The molecule has 2 atom stereocenters. The van der Waals surface area contributed by atoms with Gasteiger partial charge in [0.25, 0.3) is 0 Å². The van der Waals surface area contributed by atoms with E-state index in [1.165, 1.54) is 19.3 Å². The van der Waals surface area contributed by atoms with Gasteiger partial charge in [0.15, 0.2) is 0 Å². The second kappa shape index (κ2) is 9.83. The predicted octanol–water partition coefficient (Wildman–Crippen LogP) is 3.55. The molecule has 0 saturated carbocycles. The van der Waals surface area contributed by atoms with Crippen LogP contribution in [0.1, 0.15) is 66.2 Å². The Kier molecular flexibility index (Phi) is 9.60. The van der Waals surface area contributed by atoms with Crippen LogP contribution in [0.15, 0.2) is 0 Å². The Morgan fingerprint density at radius 1 is 1.19 bits per heavy atom. The molecule has 2 nitrogen and oxygen atoms in total. The summed E-state index contributed by atoms with van der Waals surface area (Å²) in [5.74, 6) is 0.981. The maximum absolute atomic E-state index is 11.7. The number of unbranched alkanes of at least 4 members (excludes halogenated alkanes) is 1. The van der Waals surface area contributed by atoms with Gasteiger partial charge in [0.1, 0.15) is 5.78 Å². The standard InChI is InChI=1S/C14H29NO/c1-5-8-9-13(7-3)10-14(16)11-15-12(4)6-2/h12-13,15H,5-11H2,1-4H3. The highest BCUT2D eigenvalue weighted by molar-refractivity contribution is 5.80. The molecule has 0 rings (SSSR count). The van der Waals surface area contributed by atoms with Crippen LogP contribution in [-0.2, 0) is 4.79 Å². The summed E-state index contributed by atoms with van der Waals surface area (Å²) in [4.78, 5) is 11.7. The van der Waals surface area contributed by atoms with Crippen molar-refractivity contribution in [2.75, 3.05) is 6.54 Å². The van der Waals surface area contributed by atoms with E-state index in [0.29, 0.717) is 24.3 Å². The van der Waals surface area contributed by atoms with E-state index in [1.54, 1.807) is 0 Å². The summed E-state index contributed by atoms with van der Waals surface area (Å²) in [6.07, 6.45) is 6.68. The van der Waals surface area contributed by atoms with Crippen LogP contribution in [0.2, 0.25) is 0 Å². The van der Waals surface area contributed by atoms with Crippen molar-refractivity contribution < 1.29 is 4.79 Å². The van der Waals surface area contributed by atoms with Crippen LogP contribution < -0.4 is 5.32 Å². The van der Waals surface area contributed by atoms with E-state index in [2.05, 4.69) is 33.0 Å². The van der Waals surface area contributed by atoms with Crippen molar-refractivity contribution in [1.82, 2.24) is 5.32 Å². The number of hydrogen-bond acceptors (Lipinski definition) is 2. The summed E-state index contributed by atoms with van der Waals surface area (Å²) in [6.45, 7) is 9.21. The van der Waals surface area contributed by atoms with Crippen LogP contribution in [0.4, 0.5) is 0 Å². The fourth-order valence-electron chi connectivity index (χ4n) is 1.77. The van der Waals surface area contributed by atoms with Crippen LogP contribution in [0.5, 0.6) is 0 Å². The minimum absolute atomic E-state index is 0.378. The number of rotatable bonds is 10. The van der Waals surface area contributed by atoms with Crippen molar-refractivity contribution in [3.05, 3.63) is 0 Å². The van der Waals surface area contributed by atoms with Crippen molar-refractivity contribution in [2.24, 2.45) is 5.92 Å². The van der Waals surface area contributed by atoms with E-state index in [0.717, 1.165) is 19.3 Å². The fraction of sp³-hybridized carbons (Fsp3) is 0.929. The zero-order valence-corrected chi connectivity index (χ0v) is 11.5. The molecule has 0 saturated heterocycles. The molecule has 0 aromatic rings. The molecule has 0 fully saturated rings. The maximum Gasteiger partial charge on any atom is 0.146 e. The van der Waals surface area contributed by atoms with Gasteiger partial charge >= 0.3 is 0 Å². The lowest BCUT2D eigenvalue weighted by Gasteiger charge is -2.15. The predicted molar refractivity (Wildman–Crippen MR) is 70.7 cm³/mol. The monoisotopic (exact) mass is 227 g/mol. The molecule has 2 unspecified atom stereocenters. The molecule has 0 aromatic carbocycles. The number of Topliss-reactive ketones (excluding diaryl/α,β-unsaturated/α-hetero) is 1. The second-order valence-corrected chi connectivity index (χ2v) is 4.85. The molecule has 0 aromatic heterocycles. The quantitative estimate of drug-likeness (QED) is 0.618. The number of hydrogen-bond donors (Lipinski definition) is 1. The van der Waals surface area contributed by atoms with E-state index >= 15 is 0 Å². The smallest absolute Gasteiger partial charge is 0.146 e. The van der Waals surface area contributed by atoms with Gasteiger partial charge in [-0.3, -0.25) is 4.79 Å². The number of nitrogens with one attached hydrogen (secondary N) is 1. The first-order valence-corrected chi connectivity index (χ1v) is 6.89. The fourth-order valence-corrected chi connectivity index (χ4v) is 1.77. The SMILES string of the molecule is CCCCC(CC)CC(=O)CNC(C)CC. The lowest BCUT2D eigenvalue weighted by molar-refractivity contribution is -0.119. The lowest BCUT2D eigenvalue weighted by atomic mass is 9.94. The first kappa shape index (κ1) is 15.6. The molecule has 0 aliphatic heterocycles. The minimum Gasteiger partial charge on any atom is -0.308 e. The molecule has 1 N–H and O–H groups in total. The van der Waals surface area contributed by atoms with Crippen LogP contribution in [0, 0.1) is 5.92 Å². The Morgan fingerprint density at radius 3 is 2.38 bits per heavy atom. The molecule has 2 heteroatoms. The first-order valence-electron chi connectivity index (χ1n) is 6.89. The van der Waals surface area contributed by atoms with Gasteiger partial charge in [0.2, 0.25) is 0 Å². The molecule has 0 heterocycles. The van der Waals surface area contributed by atoms with E-state index in [4.69, 9.17) is 0 Å². The van der Waals surface area contributed by atoms with Gasteiger partial charge in [-0.15, -0.1) is 0 Å². The van der Waals surface area contributed by atoms with E-state index in [1.807, 2.05) is 0 Å². The van der Waals surface area contributed by atoms with E-state index < -0.39 is 0 Å². The highest BCUT2D eigenvalue weighted by atomic mass is 16.1. The van der Waals surface area contributed by atoms with Gasteiger partial charge in [-0.2, -0.15) is 0 Å². The largest absolute Gasteiger partial charge is 0.308 e. The minimum atomic E-state index is 0.378. The Hall–Kier alpha value is -0.370. The summed E-state index contributed by atoms with van der Waals surface area (Å²) in [6, 6.07) is 0.458. The van der Waals surface area contributed by atoms with Gasteiger partial charge in [0, 0.05) is 12.5 Å². The molecule has 16 heavy (non-hydrogen) atoms. The number of carbonyl (C=O) groups is 1. The Balaban J connectivity index is 3.73. The number of carbonyl (C=O) groups excluding carboxylic acids is 1. The first-order chi connectivity index (χ1) is 7.63. The van der Waals surface area contributed by atoms with Gasteiger partial charge in [-0.25, -0.2) is 0 Å². The van der Waals surface area contributed by atoms with Gasteiger partial charge in [-0.05, 0) is 19.3 Å². The van der Waals surface area contributed by atoms with Gasteiger partial charge in [0.05, 0.1) is 6.54 Å². The Bertz CT molecular complexity index is 180. The third kappa shape index (κ3) is 7.86. The Morgan fingerprint density at radius 2 is 1.88 bits per heavy atom. The van der Waals surface area contributed by atoms with Crippen molar-refractivity contribution in [2.45, 2.75) is 72.3 Å². The van der Waals surface area contributed by atoms with Crippen LogP contribution >= 0.6 is 0 Å². The average Bonchev–Trinajstić information content (AvgIpc) is 2.31. The van der Waals surface area contributed by atoms with Crippen molar-refractivity contribution >= 4 is 5.78 Å². The Labute approximate surface area is 101 Å². The molecule has 0 spiro atoms. The van der Waals surface area contributed by atoms with Crippen molar-refractivity contribution in [3.63, 3.8) is 0 Å². The molecule has 96 valence electrons. The zero-order valence-electron chi connectivity index (χ0n) is 11.5. The summed E-state index contributed by atoms with van der Waals surface area (Å²) in [5.41, 5.74) is 0. The second-order valence-electron chi connectivity index (χ2n) is 4.85. The van der Waals surface area contributed by atoms with Gasteiger partial charge in [-0.1, -0.05) is 46.5 Å². The summed E-state index contributed by atoms with van der Waals surface area (Å²) in [7, 11) is 0. The average molecular weight is 227 g/mol. The highest BCUT2D eigenvalue weighted by Crippen LogP contribution is 2.16. The van der Waals surface area contributed by atoms with Crippen molar-refractivity contribution in [1.29, 1.82) is 0 Å². The lowest BCUT2D eigenvalue weighted by Crippen LogP contribution is -2.31. The molecular formula is C14H29NO. The third-order valence-electron chi connectivity index (χ3n) is 3.32. The summed E-state index contributed by atoms with van der Waals surface area (Å²) in [5, 5.41) is 3.27. The van der Waals surface area contributed by atoms with Crippen molar-refractivity contribution in [3.8, 4) is 0 Å². The molecule has 0 amide bonds. The van der Waals surface area contributed by atoms with E-state index in [-0.39, 0.29) is 0 Å². The molecule has 0 radical (unpaired) electrons. The topological polar surface area (TPSA) is 29.1 Å². The normalized spacial score (nSPS) is 14.8. The van der Waals surface area contributed by atoms with Crippen LogP contribution in [0.3, 0.4) is 0 Å². The molecule has 0 aliphatic rings. The van der Waals surface area contributed by atoms with Crippen LogP contribution in [-0.4, -0.2) is 18.4 Å². The van der Waals surface area contributed by atoms with Gasteiger partial charge < -0.3 is 5.32 Å². The zero-order chi connectivity index (χ0) is 12.4. The summed E-state index contributed by atoms with van der Waals surface area (Å²) >= 11 is 0. The molecular weight excluding hydrogens is 198 g/mol. The summed E-state index contributed by atoms with van der Waals surface area (Å²) < 4.78 is 0. The highest BCUT2D eigenvalue weighted by Gasteiger charge is 2.12. The molecule has 0 aliphatic carbocycles.